The molecular formula is C18H35N. The van der Waals surface area contributed by atoms with Gasteiger partial charge in [0, 0.05) is 0 Å². The van der Waals surface area contributed by atoms with E-state index in [-0.39, 0.29) is 0 Å². The van der Waals surface area contributed by atoms with Crippen LogP contribution < -0.4 is 5.32 Å². The minimum absolute atomic E-state index is 0.578. The molecule has 1 nitrogen and oxygen atoms in total. The molecule has 0 aromatic carbocycles. The molecule has 0 aromatic rings. The van der Waals surface area contributed by atoms with Crippen LogP contribution in [0, 0.1) is 17.3 Å². The molecule has 1 fully saturated rings. The van der Waals surface area contributed by atoms with Crippen LogP contribution in [0.1, 0.15) is 72.1 Å². The zero-order chi connectivity index (χ0) is 14.1. The molecule has 2 atom stereocenters. The van der Waals surface area contributed by atoms with Gasteiger partial charge in [-0.25, -0.2) is 0 Å². The van der Waals surface area contributed by atoms with Crippen molar-refractivity contribution in [2.45, 2.75) is 72.1 Å². The summed E-state index contributed by atoms with van der Waals surface area (Å²) in [7, 11) is 0. The molecule has 1 aliphatic carbocycles. The molecule has 0 spiro atoms. The molecule has 1 rings (SSSR count). The van der Waals surface area contributed by atoms with E-state index in [0.29, 0.717) is 5.41 Å². The van der Waals surface area contributed by atoms with Gasteiger partial charge in [0.1, 0.15) is 0 Å². The number of rotatable bonds is 9. The van der Waals surface area contributed by atoms with Crippen molar-refractivity contribution < 1.29 is 0 Å². The predicted octanol–water partition coefficient (Wildman–Crippen LogP) is 5.17. The lowest BCUT2D eigenvalue weighted by molar-refractivity contribution is 0.108. The summed E-state index contributed by atoms with van der Waals surface area (Å²) in [5, 5.41) is 3.57. The van der Waals surface area contributed by atoms with Gasteiger partial charge < -0.3 is 5.32 Å². The first-order valence-corrected chi connectivity index (χ1v) is 8.40. The summed E-state index contributed by atoms with van der Waals surface area (Å²) >= 11 is 0. The first-order valence-electron chi connectivity index (χ1n) is 8.40. The summed E-state index contributed by atoms with van der Waals surface area (Å²) in [6.45, 7) is 13.3. The van der Waals surface area contributed by atoms with Crippen molar-refractivity contribution in [1.82, 2.24) is 5.32 Å². The molecule has 0 amide bonds. The molecule has 1 heteroatoms. The quantitative estimate of drug-likeness (QED) is 0.448. The Morgan fingerprint density at radius 3 is 2.68 bits per heavy atom. The summed E-state index contributed by atoms with van der Waals surface area (Å²) in [5.41, 5.74) is 0.578. The second-order valence-corrected chi connectivity index (χ2v) is 7.16. The molecule has 2 unspecified atom stereocenters. The minimum atomic E-state index is 0.578. The molecule has 0 saturated heterocycles. The maximum atomic E-state index is 3.80. The van der Waals surface area contributed by atoms with E-state index in [1.165, 1.54) is 57.9 Å². The molecule has 1 aliphatic rings. The molecule has 0 heterocycles. The standard InChI is InChI=1S/C18H35N/c1-5-7-8-9-10-11-16-14-18(3,4)13-12-17(16)15-19-6-2/h5,16-17,19H,1,6-15H2,2-4H3. The fourth-order valence-corrected chi connectivity index (χ4v) is 3.60. The largest absolute Gasteiger partial charge is 0.317 e. The van der Waals surface area contributed by atoms with Gasteiger partial charge in [-0.1, -0.05) is 46.1 Å². The second-order valence-electron chi connectivity index (χ2n) is 7.16. The van der Waals surface area contributed by atoms with Crippen LogP contribution in [0.15, 0.2) is 12.7 Å². The van der Waals surface area contributed by atoms with Gasteiger partial charge in [0.05, 0.1) is 0 Å². The topological polar surface area (TPSA) is 12.0 Å². The monoisotopic (exact) mass is 265 g/mol. The molecule has 0 radical (unpaired) electrons. The molecule has 112 valence electrons. The van der Waals surface area contributed by atoms with E-state index < -0.39 is 0 Å². The van der Waals surface area contributed by atoms with Crippen molar-refractivity contribution in [2.24, 2.45) is 17.3 Å². The fourth-order valence-electron chi connectivity index (χ4n) is 3.60. The van der Waals surface area contributed by atoms with E-state index in [1.54, 1.807) is 0 Å². The third-order valence-electron chi connectivity index (χ3n) is 4.81. The first kappa shape index (κ1) is 16.8. The van der Waals surface area contributed by atoms with Crippen LogP contribution in [0.2, 0.25) is 0 Å². The normalized spacial score (nSPS) is 26.3. The Morgan fingerprint density at radius 1 is 1.21 bits per heavy atom. The third kappa shape index (κ3) is 6.61. The van der Waals surface area contributed by atoms with Gasteiger partial charge in [-0.3, -0.25) is 0 Å². The second kappa shape index (κ2) is 8.79. The van der Waals surface area contributed by atoms with Gasteiger partial charge in [-0.05, 0) is 62.4 Å². The van der Waals surface area contributed by atoms with E-state index in [2.05, 4.69) is 38.7 Å². The Kier molecular flexibility index (Phi) is 7.75. The fraction of sp³-hybridized carbons (Fsp3) is 0.889. The molecule has 1 saturated carbocycles. The van der Waals surface area contributed by atoms with Crippen LogP contribution in [0.25, 0.3) is 0 Å². The number of hydrogen-bond acceptors (Lipinski definition) is 1. The lowest BCUT2D eigenvalue weighted by Gasteiger charge is -2.41. The van der Waals surface area contributed by atoms with Crippen LogP contribution in [-0.2, 0) is 0 Å². The summed E-state index contributed by atoms with van der Waals surface area (Å²) in [5.74, 6) is 1.87. The summed E-state index contributed by atoms with van der Waals surface area (Å²) in [6.07, 6.45) is 13.1. The smallest absolute Gasteiger partial charge is 0.00180 e. The number of hydrogen-bond donors (Lipinski definition) is 1. The van der Waals surface area contributed by atoms with Gasteiger partial charge >= 0.3 is 0 Å². The molecule has 0 bridgehead atoms. The third-order valence-corrected chi connectivity index (χ3v) is 4.81. The Bertz CT molecular complexity index is 244. The molecule has 0 aromatic heterocycles. The number of unbranched alkanes of at least 4 members (excludes halogenated alkanes) is 3. The van der Waals surface area contributed by atoms with Gasteiger partial charge in [-0.2, -0.15) is 0 Å². The highest BCUT2D eigenvalue weighted by Crippen LogP contribution is 2.43. The summed E-state index contributed by atoms with van der Waals surface area (Å²) < 4.78 is 0. The average Bonchev–Trinajstić information content (AvgIpc) is 2.37. The Morgan fingerprint density at radius 2 is 2.00 bits per heavy atom. The Labute approximate surface area is 121 Å². The molecule has 19 heavy (non-hydrogen) atoms. The lowest BCUT2D eigenvalue weighted by Crippen LogP contribution is -2.36. The summed E-state index contributed by atoms with van der Waals surface area (Å²) in [4.78, 5) is 0. The first-order chi connectivity index (χ1) is 9.09. The lowest BCUT2D eigenvalue weighted by atomic mass is 9.66. The van der Waals surface area contributed by atoms with Crippen molar-refractivity contribution in [3.8, 4) is 0 Å². The van der Waals surface area contributed by atoms with Crippen molar-refractivity contribution in [3.05, 3.63) is 12.7 Å². The number of nitrogens with one attached hydrogen (secondary N) is 1. The van der Waals surface area contributed by atoms with Gasteiger partial charge in [0.15, 0.2) is 0 Å². The SMILES string of the molecule is C=CCCCCCC1CC(C)(C)CCC1CNCC. The van der Waals surface area contributed by atoms with E-state index >= 15 is 0 Å². The highest BCUT2D eigenvalue weighted by Gasteiger charge is 2.33. The zero-order valence-electron chi connectivity index (χ0n) is 13.5. The van der Waals surface area contributed by atoms with Crippen LogP contribution in [0.4, 0.5) is 0 Å². The van der Waals surface area contributed by atoms with Gasteiger partial charge in [0.2, 0.25) is 0 Å². The van der Waals surface area contributed by atoms with Crippen molar-refractivity contribution in [3.63, 3.8) is 0 Å². The summed E-state index contributed by atoms with van der Waals surface area (Å²) in [6, 6.07) is 0. The number of allylic oxidation sites excluding steroid dienone is 1. The van der Waals surface area contributed by atoms with E-state index in [9.17, 15) is 0 Å². The van der Waals surface area contributed by atoms with E-state index in [4.69, 9.17) is 0 Å². The van der Waals surface area contributed by atoms with Crippen molar-refractivity contribution in [2.75, 3.05) is 13.1 Å². The Hall–Kier alpha value is -0.300. The molecule has 1 N–H and O–H groups in total. The highest BCUT2D eigenvalue weighted by atomic mass is 14.8. The van der Waals surface area contributed by atoms with Crippen LogP contribution in [0.5, 0.6) is 0 Å². The van der Waals surface area contributed by atoms with E-state index in [0.717, 1.165) is 18.4 Å². The molecular weight excluding hydrogens is 230 g/mol. The van der Waals surface area contributed by atoms with Gasteiger partial charge in [0.25, 0.3) is 0 Å². The average molecular weight is 265 g/mol. The van der Waals surface area contributed by atoms with Gasteiger partial charge in [-0.15, -0.1) is 6.58 Å². The zero-order valence-corrected chi connectivity index (χ0v) is 13.5. The minimum Gasteiger partial charge on any atom is -0.317 e. The molecule has 0 aliphatic heterocycles. The Balaban J connectivity index is 2.35. The highest BCUT2D eigenvalue weighted by molar-refractivity contribution is 4.86. The predicted molar refractivity (Wildman–Crippen MR) is 86.4 cm³/mol. The maximum absolute atomic E-state index is 3.80. The van der Waals surface area contributed by atoms with E-state index in [1.807, 2.05) is 0 Å². The van der Waals surface area contributed by atoms with Crippen LogP contribution in [0.3, 0.4) is 0 Å². The van der Waals surface area contributed by atoms with Crippen molar-refractivity contribution >= 4 is 0 Å². The van der Waals surface area contributed by atoms with Crippen molar-refractivity contribution in [1.29, 1.82) is 0 Å². The van der Waals surface area contributed by atoms with Crippen LogP contribution >= 0.6 is 0 Å². The maximum Gasteiger partial charge on any atom is -0.00180 e. The van der Waals surface area contributed by atoms with Crippen LogP contribution in [-0.4, -0.2) is 13.1 Å².